The number of hydrogen-bond acceptors (Lipinski definition) is 3. The third-order valence-corrected chi connectivity index (χ3v) is 2.78. The molecule has 0 aromatic carbocycles. The number of piperazine rings is 1. The predicted octanol–water partition coefficient (Wildman–Crippen LogP) is 0.00950. The number of nitrogens with zero attached hydrogens (tertiary/aromatic N) is 1. The van der Waals surface area contributed by atoms with Gasteiger partial charge in [-0.15, -0.1) is 0 Å². The Morgan fingerprint density at radius 2 is 2.20 bits per heavy atom. The van der Waals surface area contributed by atoms with E-state index in [9.17, 15) is 0 Å². The van der Waals surface area contributed by atoms with E-state index < -0.39 is 0 Å². The van der Waals surface area contributed by atoms with Crippen LogP contribution in [0.3, 0.4) is 0 Å². The van der Waals surface area contributed by atoms with Crippen molar-refractivity contribution < 1.29 is 0 Å². The Morgan fingerprint density at radius 3 is 2.93 bits per heavy atom. The SMILES string of the molecule is c1c[nH]c(CCNCN2CCNCC2)c1. The van der Waals surface area contributed by atoms with Crippen LogP contribution in [0.4, 0.5) is 0 Å². The summed E-state index contributed by atoms with van der Waals surface area (Å²) >= 11 is 0. The minimum absolute atomic E-state index is 1.02. The fourth-order valence-electron chi connectivity index (χ4n) is 1.85. The summed E-state index contributed by atoms with van der Waals surface area (Å²) in [7, 11) is 0. The number of aromatic amines is 1. The van der Waals surface area contributed by atoms with Crippen LogP contribution in [0.5, 0.6) is 0 Å². The lowest BCUT2D eigenvalue weighted by Crippen LogP contribution is -2.47. The zero-order valence-electron chi connectivity index (χ0n) is 9.13. The van der Waals surface area contributed by atoms with E-state index in [0.717, 1.165) is 45.8 Å². The van der Waals surface area contributed by atoms with Gasteiger partial charge < -0.3 is 15.6 Å². The van der Waals surface area contributed by atoms with Crippen molar-refractivity contribution in [3.8, 4) is 0 Å². The van der Waals surface area contributed by atoms with Gasteiger partial charge in [0.15, 0.2) is 0 Å². The monoisotopic (exact) mass is 208 g/mol. The van der Waals surface area contributed by atoms with Gasteiger partial charge in [-0.25, -0.2) is 0 Å². The Balaban J connectivity index is 1.54. The van der Waals surface area contributed by atoms with Gasteiger partial charge in [-0.1, -0.05) is 0 Å². The van der Waals surface area contributed by atoms with Crippen LogP contribution in [-0.4, -0.2) is 49.3 Å². The number of H-pyrrole nitrogens is 1. The number of rotatable bonds is 5. The van der Waals surface area contributed by atoms with Crippen LogP contribution in [0.1, 0.15) is 5.69 Å². The maximum Gasteiger partial charge on any atom is 0.0481 e. The highest BCUT2D eigenvalue weighted by Crippen LogP contribution is 1.94. The Labute approximate surface area is 91.0 Å². The topological polar surface area (TPSA) is 43.1 Å². The standard InChI is InChI=1S/C11H20N4/c1-2-11(14-4-1)3-5-13-10-15-8-6-12-7-9-15/h1-2,4,12-14H,3,5-10H2. The normalized spacial score (nSPS) is 18.1. The summed E-state index contributed by atoms with van der Waals surface area (Å²) in [4.78, 5) is 5.66. The summed E-state index contributed by atoms with van der Waals surface area (Å²) in [5, 5.41) is 6.82. The van der Waals surface area contributed by atoms with E-state index in [2.05, 4.69) is 26.6 Å². The summed E-state index contributed by atoms with van der Waals surface area (Å²) in [6.07, 6.45) is 3.06. The van der Waals surface area contributed by atoms with Crippen molar-refractivity contribution in [2.75, 3.05) is 39.4 Å². The van der Waals surface area contributed by atoms with Gasteiger partial charge in [-0.3, -0.25) is 4.90 Å². The van der Waals surface area contributed by atoms with Crippen molar-refractivity contribution in [3.63, 3.8) is 0 Å². The van der Waals surface area contributed by atoms with E-state index in [-0.39, 0.29) is 0 Å². The molecule has 0 saturated carbocycles. The molecule has 0 atom stereocenters. The van der Waals surface area contributed by atoms with Crippen LogP contribution in [-0.2, 0) is 6.42 Å². The van der Waals surface area contributed by atoms with Crippen LogP contribution in [0.25, 0.3) is 0 Å². The summed E-state index contributed by atoms with van der Waals surface area (Å²) < 4.78 is 0. The highest BCUT2D eigenvalue weighted by atomic mass is 15.2. The van der Waals surface area contributed by atoms with Crippen molar-refractivity contribution >= 4 is 0 Å². The molecular formula is C11H20N4. The van der Waals surface area contributed by atoms with Crippen LogP contribution in [0.15, 0.2) is 18.3 Å². The molecule has 0 spiro atoms. The van der Waals surface area contributed by atoms with Crippen molar-refractivity contribution in [2.45, 2.75) is 6.42 Å². The summed E-state index contributed by atoms with van der Waals surface area (Å²) in [5.41, 5.74) is 1.31. The third kappa shape index (κ3) is 3.66. The van der Waals surface area contributed by atoms with Gasteiger partial charge in [0, 0.05) is 51.3 Å². The fraction of sp³-hybridized carbons (Fsp3) is 0.636. The first kappa shape index (κ1) is 10.7. The first-order valence-electron chi connectivity index (χ1n) is 5.71. The fourth-order valence-corrected chi connectivity index (χ4v) is 1.85. The molecule has 0 bridgehead atoms. The van der Waals surface area contributed by atoms with Gasteiger partial charge in [0.2, 0.25) is 0 Å². The lowest BCUT2D eigenvalue weighted by atomic mass is 10.3. The quantitative estimate of drug-likeness (QED) is 0.597. The number of aromatic nitrogens is 1. The van der Waals surface area contributed by atoms with Gasteiger partial charge in [-0.2, -0.15) is 0 Å². The van der Waals surface area contributed by atoms with E-state index in [1.165, 1.54) is 5.69 Å². The number of nitrogens with one attached hydrogen (secondary N) is 3. The molecule has 1 fully saturated rings. The molecule has 0 amide bonds. The molecule has 4 nitrogen and oxygen atoms in total. The molecule has 3 N–H and O–H groups in total. The third-order valence-electron chi connectivity index (χ3n) is 2.78. The average molecular weight is 208 g/mol. The van der Waals surface area contributed by atoms with Crippen LogP contribution < -0.4 is 10.6 Å². The maximum absolute atomic E-state index is 3.47. The molecular weight excluding hydrogens is 188 g/mol. The van der Waals surface area contributed by atoms with Crippen LogP contribution >= 0.6 is 0 Å². The second-order valence-corrected chi connectivity index (χ2v) is 3.97. The molecule has 15 heavy (non-hydrogen) atoms. The van der Waals surface area contributed by atoms with E-state index in [1.54, 1.807) is 0 Å². The molecule has 1 aromatic rings. The Bertz CT molecular complexity index is 252. The average Bonchev–Trinajstić information content (AvgIpc) is 2.79. The minimum atomic E-state index is 1.02. The Kier molecular flexibility index (Phi) is 4.20. The van der Waals surface area contributed by atoms with Gasteiger partial charge in [-0.05, 0) is 18.6 Å². The molecule has 1 aliphatic heterocycles. The Morgan fingerprint density at radius 1 is 1.33 bits per heavy atom. The zero-order chi connectivity index (χ0) is 10.3. The molecule has 4 heteroatoms. The molecule has 0 aliphatic carbocycles. The first-order valence-corrected chi connectivity index (χ1v) is 5.71. The van der Waals surface area contributed by atoms with E-state index in [0.29, 0.717) is 0 Å². The van der Waals surface area contributed by atoms with Crippen LogP contribution in [0, 0.1) is 0 Å². The molecule has 84 valence electrons. The lowest BCUT2D eigenvalue weighted by molar-refractivity contribution is 0.224. The van der Waals surface area contributed by atoms with Gasteiger partial charge in [0.25, 0.3) is 0 Å². The molecule has 1 aromatic heterocycles. The summed E-state index contributed by atoms with van der Waals surface area (Å²) in [6, 6.07) is 4.18. The molecule has 2 rings (SSSR count). The van der Waals surface area contributed by atoms with E-state index in [4.69, 9.17) is 0 Å². The molecule has 2 heterocycles. The second-order valence-electron chi connectivity index (χ2n) is 3.97. The van der Waals surface area contributed by atoms with Gasteiger partial charge >= 0.3 is 0 Å². The van der Waals surface area contributed by atoms with Crippen molar-refractivity contribution in [1.29, 1.82) is 0 Å². The molecule has 1 saturated heterocycles. The number of hydrogen-bond donors (Lipinski definition) is 3. The summed E-state index contributed by atoms with van der Waals surface area (Å²) in [6.45, 7) is 6.63. The highest BCUT2D eigenvalue weighted by Gasteiger charge is 2.07. The first-order chi connectivity index (χ1) is 7.45. The second kappa shape index (κ2) is 5.90. The van der Waals surface area contributed by atoms with Crippen molar-refractivity contribution in [3.05, 3.63) is 24.0 Å². The molecule has 0 radical (unpaired) electrons. The van der Waals surface area contributed by atoms with Crippen molar-refractivity contribution in [1.82, 2.24) is 20.5 Å². The van der Waals surface area contributed by atoms with Gasteiger partial charge in [0.05, 0.1) is 0 Å². The van der Waals surface area contributed by atoms with E-state index in [1.807, 2.05) is 12.3 Å². The Hall–Kier alpha value is -0.840. The van der Waals surface area contributed by atoms with E-state index >= 15 is 0 Å². The smallest absolute Gasteiger partial charge is 0.0481 e. The predicted molar refractivity (Wildman–Crippen MR) is 61.8 cm³/mol. The lowest BCUT2D eigenvalue weighted by Gasteiger charge is -2.27. The van der Waals surface area contributed by atoms with Crippen molar-refractivity contribution in [2.24, 2.45) is 0 Å². The van der Waals surface area contributed by atoms with Crippen LogP contribution in [0.2, 0.25) is 0 Å². The molecule has 1 aliphatic rings. The zero-order valence-corrected chi connectivity index (χ0v) is 9.13. The van der Waals surface area contributed by atoms with Gasteiger partial charge in [0.1, 0.15) is 0 Å². The largest absolute Gasteiger partial charge is 0.365 e. The minimum Gasteiger partial charge on any atom is -0.365 e. The maximum atomic E-state index is 3.47. The highest BCUT2D eigenvalue weighted by molar-refractivity contribution is 5.03. The summed E-state index contributed by atoms with van der Waals surface area (Å²) in [5.74, 6) is 0. The molecule has 0 unspecified atom stereocenters.